The highest BCUT2D eigenvalue weighted by atomic mass is 32.1. The summed E-state index contributed by atoms with van der Waals surface area (Å²) in [6.45, 7) is 0. The van der Waals surface area contributed by atoms with Crippen LogP contribution in [0.15, 0.2) is 54.7 Å². The Morgan fingerprint density at radius 1 is 0.938 bits per heavy atom. The Morgan fingerprint density at radius 2 is 1.75 bits per heavy atom. The van der Waals surface area contributed by atoms with Gasteiger partial charge in [-0.3, -0.25) is 0 Å². The Bertz CT molecular complexity index is 689. The monoisotopic (exact) mass is 226 g/mol. The van der Waals surface area contributed by atoms with Crippen LogP contribution in [0.3, 0.4) is 0 Å². The zero-order valence-corrected chi connectivity index (χ0v) is 9.37. The molecule has 1 heterocycles. The van der Waals surface area contributed by atoms with E-state index in [1.165, 1.54) is 10.8 Å². The lowest BCUT2D eigenvalue weighted by Crippen LogP contribution is -1.96. The van der Waals surface area contributed by atoms with Crippen LogP contribution < -0.4 is 0 Å². The summed E-state index contributed by atoms with van der Waals surface area (Å²) in [6.07, 6.45) is 1.85. The van der Waals surface area contributed by atoms with Crippen LogP contribution in [0.5, 0.6) is 0 Å². The van der Waals surface area contributed by atoms with E-state index < -0.39 is 0 Å². The van der Waals surface area contributed by atoms with Crippen molar-refractivity contribution >= 4 is 23.0 Å². The van der Waals surface area contributed by atoms with Gasteiger partial charge in [-0.05, 0) is 17.5 Å². The number of nitrogens with one attached hydrogen (secondary N) is 1. The predicted octanol–water partition coefficient (Wildman–Crippen LogP) is 3.69. The van der Waals surface area contributed by atoms with Crippen molar-refractivity contribution in [1.29, 1.82) is 0 Å². The third-order valence-corrected chi connectivity index (χ3v) is 2.98. The number of nitrogens with zero attached hydrogens (tertiary/aromatic N) is 1. The maximum Gasteiger partial charge on any atom is 0.127 e. The molecule has 16 heavy (non-hydrogen) atoms. The van der Waals surface area contributed by atoms with Gasteiger partial charge >= 0.3 is 0 Å². The van der Waals surface area contributed by atoms with E-state index in [2.05, 4.69) is 29.4 Å². The number of aromatic nitrogens is 2. The Balaban J connectivity index is 2.41. The Morgan fingerprint density at radius 3 is 2.56 bits per heavy atom. The minimum Gasteiger partial charge on any atom is -0.300 e. The van der Waals surface area contributed by atoms with Crippen LogP contribution in [0, 0.1) is 4.64 Å². The smallest absolute Gasteiger partial charge is 0.127 e. The molecule has 0 amide bonds. The third kappa shape index (κ3) is 1.37. The number of H-pyrrole nitrogens is 1. The first kappa shape index (κ1) is 9.36. The second kappa shape index (κ2) is 3.61. The highest BCUT2D eigenvalue weighted by molar-refractivity contribution is 7.71. The highest BCUT2D eigenvalue weighted by Crippen LogP contribution is 2.21. The minimum absolute atomic E-state index is 0.788. The van der Waals surface area contributed by atoms with Crippen molar-refractivity contribution in [2.45, 2.75) is 0 Å². The van der Waals surface area contributed by atoms with Crippen molar-refractivity contribution in [1.82, 2.24) is 9.78 Å². The molecule has 0 saturated heterocycles. The average molecular weight is 226 g/mol. The fourth-order valence-corrected chi connectivity index (χ4v) is 2.13. The van der Waals surface area contributed by atoms with Gasteiger partial charge in [0.15, 0.2) is 0 Å². The molecule has 2 aromatic carbocycles. The normalized spacial score (nSPS) is 10.8. The largest absolute Gasteiger partial charge is 0.300 e. The van der Waals surface area contributed by atoms with Gasteiger partial charge in [-0.1, -0.05) is 48.6 Å². The summed E-state index contributed by atoms with van der Waals surface area (Å²) in [5.74, 6) is 0. The average Bonchev–Trinajstić information content (AvgIpc) is 2.75. The molecule has 1 N–H and O–H groups in total. The first-order valence-corrected chi connectivity index (χ1v) is 5.52. The van der Waals surface area contributed by atoms with Gasteiger partial charge in [0, 0.05) is 11.6 Å². The van der Waals surface area contributed by atoms with Crippen molar-refractivity contribution in [3.05, 3.63) is 59.4 Å². The molecule has 0 radical (unpaired) electrons. The van der Waals surface area contributed by atoms with Crippen LogP contribution in [-0.4, -0.2) is 9.78 Å². The van der Waals surface area contributed by atoms with Gasteiger partial charge in [0.25, 0.3) is 0 Å². The number of benzene rings is 2. The second-order valence-corrected chi connectivity index (χ2v) is 4.05. The van der Waals surface area contributed by atoms with E-state index in [0.717, 1.165) is 10.3 Å². The summed E-state index contributed by atoms with van der Waals surface area (Å²) >= 11 is 5.26. The van der Waals surface area contributed by atoms with Crippen LogP contribution in [0.2, 0.25) is 0 Å². The van der Waals surface area contributed by atoms with Crippen molar-refractivity contribution in [3.63, 3.8) is 0 Å². The standard InChI is InChI=1S/C13H10N2S/c16-13-8-9-14-15(13)12-7-3-5-10-4-1-2-6-11(10)12/h1-9,14H. The van der Waals surface area contributed by atoms with Crippen molar-refractivity contribution < 1.29 is 0 Å². The predicted molar refractivity (Wildman–Crippen MR) is 68.5 cm³/mol. The molecule has 3 aromatic rings. The molecule has 3 heteroatoms. The van der Waals surface area contributed by atoms with Crippen LogP contribution in [0.25, 0.3) is 16.5 Å². The Kier molecular flexibility index (Phi) is 2.11. The van der Waals surface area contributed by atoms with Crippen LogP contribution >= 0.6 is 12.2 Å². The van der Waals surface area contributed by atoms with Gasteiger partial charge in [-0.2, -0.15) is 0 Å². The molecular formula is C13H10N2S. The van der Waals surface area contributed by atoms with Gasteiger partial charge in [0.1, 0.15) is 4.64 Å². The molecule has 0 aliphatic rings. The molecule has 0 aliphatic heterocycles. The number of aromatic amines is 1. The number of fused-ring (bicyclic) bond motifs is 1. The SMILES string of the molecule is S=c1cc[nH]n1-c1cccc2ccccc12. The lowest BCUT2D eigenvalue weighted by Gasteiger charge is -2.07. The first-order valence-electron chi connectivity index (χ1n) is 5.11. The molecule has 0 atom stereocenters. The summed E-state index contributed by atoms with van der Waals surface area (Å²) < 4.78 is 2.70. The molecule has 3 rings (SSSR count). The van der Waals surface area contributed by atoms with E-state index >= 15 is 0 Å². The molecule has 0 fully saturated rings. The molecular weight excluding hydrogens is 216 g/mol. The van der Waals surface area contributed by atoms with E-state index in [-0.39, 0.29) is 0 Å². The van der Waals surface area contributed by atoms with E-state index in [0.29, 0.717) is 0 Å². The van der Waals surface area contributed by atoms with Gasteiger partial charge in [0.2, 0.25) is 0 Å². The van der Waals surface area contributed by atoms with Crippen molar-refractivity contribution in [3.8, 4) is 5.69 Å². The molecule has 0 aliphatic carbocycles. The summed E-state index contributed by atoms with van der Waals surface area (Å²) in [6, 6.07) is 16.4. The number of hydrogen-bond acceptors (Lipinski definition) is 1. The molecule has 0 spiro atoms. The van der Waals surface area contributed by atoms with E-state index in [9.17, 15) is 0 Å². The Labute approximate surface area is 98.1 Å². The summed E-state index contributed by atoms with van der Waals surface area (Å²) in [5, 5.41) is 5.54. The molecule has 0 saturated carbocycles. The van der Waals surface area contributed by atoms with Gasteiger partial charge in [-0.25, -0.2) is 4.68 Å². The number of hydrogen-bond donors (Lipinski definition) is 1. The van der Waals surface area contributed by atoms with Gasteiger partial charge < -0.3 is 5.10 Å². The highest BCUT2D eigenvalue weighted by Gasteiger charge is 2.02. The Hall–Kier alpha value is -1.87. The van der Waals surface area contributed by atoms with Crippen molar-refractivity contribution in [2.75, 3.05) is 0 Å². The maximum atomic E-state index is 5.26. The van der Waals surface area contributed by atoms with Crippen molar-refractivity contribution in [2.24, 2.45) is 0 Å². The summed E-state index contributed by atoms with van der Waals surface area (Å²) in [4.78, 5) is 0. The zero-order valence-electron chi connectivity index (χ0n) is 8.55. The lowest BCUT2D eigenvalue weighted by molar-refractivity contribution is 0.876. The van der Waals surface area contributed by atoms with Crippen LogP contribution in [-0.2, 0) is 0 Å². The minimum atomic E-state index is 0.788. The maximum absolute atomic E-state index is 5.26. The lowest BCUT2D eigenvalue weighted by atomic mass is 10.1. The topological polar surface area (TPSA) is 20.7 Å². The molecule has 1 aromatic heterocycles. The van der Waals surface area contributed by atoms with Crippen LogP contribution in [0.4, 0.5) is 0 Å². The van der Waals surface area contributed by atoms with Gasteiger partial charge in [-0.15, -0.1) is 0 Å². The zero-order chi connectivity index (χ0) is 11.0. The summed E-state index contributed by atoms with van der Waals surface area (Å²) in [7, 11) is 0. The second-order valence-electron chi connectivity index (χ2n) is 3.63. The molecule has 0 bridgehead atoms. The van der Waals surface area contributed by atoms with E-state index in [1.807, 2.05) is 35.1 Å². The van der Waals surface area contributed by atoms with E-state index in [1.54, 1.807) is 0 Å². The molecule has 0 unspecified atom stereocenters. The summed E-state index contributed by atoms with van der Waals surface area (Å²) in [5.41, 5.74) is 1.09. The third-order valence-electron chi connectivity index (χ3n) is 2.66. The van der Waals surface area contributed by atoms with Crippen LogP contribution in [0.1, 0.15) is 0 Å². The molecule has 2 nitrogen and oxygen atoms in total. The van der Waals surface area contributed by atoms with Gasteiger partial charge in [0.05, 0.1) is 5.69 Å². The first-order chi connectivity index (χ1) is 7.86. The fraction of sp³-hybridized carbons (Fsp3) is 0. The molecule has 78 valence electrons. The van der Waals surface area contributed by atoms with E-state index in [4.69, 9.17) is 12.2 Å². The quantitative estimate of drug-likeness (QED) is 0.628. The number of rotatable bonds is 1. The fourth-order valence-electron chi connectivity index (χ4n) is 1.91.